The Balaban J connectivity index is 2.95. The number of nitrogens with zero attached hydrogens (tertiary/aromatic N) is 1. The molecule has 1 aromatic heterocycles. The van der Waals surface area contributed by atoms with E-state index in [4.69, 9.17) is 0 Å². The summed E-state index contributed by atoms with van der Waals surface area (Å²) in [6.07, 6.45) is 1.42. The van der Waals surface area contributed by atoms with Gasteiger partial charge in [0.2, 0.25) is 5.91 Å². The van der Waals surface area contributed by atoms with Crippen LogP contribution in [0.25, 0.3) is 0 Å². The van der Waals surface area contributed by atoms with E-state index in [9.17, 15) is 13.2 Å². The molecule has 1 aromatic rings. The Morgan fingerprint density at radius 2 is 2.05 bits per heavy atom. The lowest BCUT2D eigenvalue weighted by molar-refractivity contribution is -0.128. The molecule has 0 unspecified atom stereocenters. The highest BCUT2D eigenvalue weighted by Crippen LogP contribution is 2.19. The largest absolute Gasteiger partial charge is 0.383 e. The summed E-state index contributed by atoms with van der Waals surface area (Å²) in [6, 6.07) is 3.31. The Kier molecular flexibility index (Phi) is 5.68. The lowest BCUT2D eigenvalue weighted by Gasteiger charge is -2.23. The van der Waals surface area contributed by atoms with Gasteiger partial charge in [-0.3, -0.25) is 4.79 Å². The molecule has 7 nitrogen and oxygen atoms in total. The van der Waals surface area contributed by atoms with Crippen LogP contribution in [0.15, 0.2) is 23.4 Å². The molecule has 0 aromatic carbocycles. The van der Waals surface area contributed by atoms with Gasteiger partial charge in [-0.2, -0.15) is 0 Å². The first-order valence-electron chi connectivity index (χ1n) is 6.65. The number of nitrogens with one attached hydrogen (secondary N) is 3. The van der Waals surface area contributed by atoms with E-state index < -0.39 is 15.4 Å². The summed E-state index contributed by atoms with van der Waals surface area (Å²) in [5, 5.41) is 5.39. The number of carbonyl (C=O) groups excluding carboxylic acids is 1. The smallest absolute Gasteiger partial charge is 0.260 e. The van der Waals surface area contributed by atoms with Gasteiger partial charge in [-0.1, -0.05) is 0 Å². The maximum absolute atomic E-state index is 12.3. The minimum Gasteiger partial charge on any atom is -0.383 e. The fourth-order valence-corrected chi connectivity index (χ4v) is 3.01. The summed E-state index contributed by atoms with van der Waals surface area (Å²) in [5.41, 5.74) is -0.417. The second-order valence-electron chi connectivity index (χ2n) is 5.17. The molecule has 0 radical (unpaired) electrons. The quantitative estimate of drug-likeness (QED) is 0.683. The minimum atomic E-state index is -3.79. The maximum Gasteiger partial charge on any atom is 0.260 e. The summed E-state index contributed by atoms with van der Waals surface area (Å²) in [7, 11) is -2.28. The molecule has 21 heavy (non-hydrogen) atoms. The second-order valence-corrected chi connectivity index (χ2v) is 6.86. The van der Waals surface area contributed by atoms with Crippen molar-refractivity contribution in [3.8, 4) is 0 Å². The first kappa shape index (κ1) is 17.4. The highest BCUT2D eigenvalue weighted by atomic mass is 32.2. The number of hydrogen-bond acceptors (Lipinski definition) is 5. The van der Waals surface area contributed by atoms with Gasteiger partial charge in [0, 0.05) is 26.3 Å². The van der Waals surface area contributed by atoms with E-state index in [0.717, 1.165) is 0 Å². The van der Waals surface area contributed by atoms with Gasteiger partial charge < -0.3 is 10.6 Å². The number of carbonyl (C=O) groups is 1. The Hall–Kier alpha value is -1.67. The van der Waals surface area contributed by atoms with Gasteiger partial charge in [-0.15, -0.1) is 0 Å². The van der Waals surface area contributed by atoms with Crippen LogP contribution in [0.2, 0.25) is 0 Å². The van der Waals surface area contributed by atoms with Gasteiger partial charge in [-0.25, -0.2) is 18.1 Å². The second kappa shape index (κ2) is 6.86. The molecule has 0 spiro atoms. The number of sulfonamides is 1. The highest BCUT2D eigenvalue weighted by Gasteiger charge is 2.30. The number of rotatable bonds is 7. The van der Waals surface area contributed by atoms with Crippen LogP contribution in [0.4, 0.5) is 5.69 Å². The van der Waals surface area contributed by atoms with Gasteiger partial charge >= 0.3 is 0 Å². The molecule has 0 saturated heterocycles. The van der Waals surface area contributed by atoms with Crippen molar-refractivity contribution in [2.75, 3.05) is 25.5 Å². The highest BCUT2D eigenvalue weighted by molar-refractivity contribution is 7.89. The number of aromatic nitrogens is 1. The van der Waals surface area contributed by atoms with Crippen molar-refractivity contribution in [3.63, 3.8) is 0 Å². The molecule has 118 valence electrons. The van der Waals surface area contributed by atoms with Gasteiger partial charge in [-0.05, 0) is 32.9 Å². The maximum atomic E-state index is 12.3. The molecule has 1 amide bonds. The number of anilines is 1. The van der Waals surface area contributed by atoms with Crippen LogP contribution in [0.5, 0.6) is 0 Å². The third-order valence-electron chi connectivity index (χ3n) is 2.94. The molecular weight excluding hydrogens is 292 g/mol. The van der Waals surface area contributed by atoms with Gasteiger partial charge in [0.25, 0.3) is 10.0 Å². The van der Waals surface area contributed by atoms with Crippen molar-refractivity contribution in [1.29, 1.82) is 0 Å². The molecule has 3 N–H and O–H groups in total. The normalized spacial score (nSPS) is 12.0. The zero-order valence-corrected chi connectivity index (χ0v) is 13.5. The summed E-state index contributed by atoms with van der Waals surface area (Å²) < 4.78 is 27.1. The monoisotopic (exact) mass is 314 g/mol. The molecule has 0 fully saturated rings. The molecule has 0 aliphatic rings. The number of amides is 1. The van der Waals surface area contributed by atoms with Crippen molar-refractivity contribution in [3.05, 3.63) is 18.3 Å². The van der Waals surface area contributed by atoms with Crippen LogP contribution in [0.1, 0.15) is 20.8 Å². The lowest BCUT2D eigenvalue weighted by atomic mass is 9.93. The predicted octanol–water partition coefficient (Wildman–Crippen LogP) is 0.564. The average molecular weight is 314 g/mol. The molecule has 1 heterocycles. The number of pyridine rings is 1. The van der Waals surface area contributed by atoms with E-state index in [1.165, 1.54) is 13.2 Å². The van der Waals surface area contributed by atoms with E-state index in [1.54, 1.807) is 26.0 Å². The lowest BCUT2D eigenvalue weighted by Crippen LogP contribution is -2.43. The van der Waals surface area contributed by atoms with Gasteiger partial charge in [0.1, 0.15) is 0 Å². The SMILES string of the molecule is CCNc1cccnc1S(=O)(=O)NCC(C)(C)C(=O)NC. The standard InChI is InChI=1S/C13H22N4O3S/c1-5-15-10-7-6-8-16-11(10)21(19,20)17-9-13(2,3)12(18)14-4/h6-8,15,17H,5,9H2,1-4H3,(H,14,18). The van der Waals surface area contributed by atoms with Crippen LogP contribution in [-0.2, 0) is 14.8 Å². The van der Waals surface area contributed by atoms with Crippen LogP contribution >= 0.6 is 0 Å². The van der Waals surface area contributed by atoms with Crippen molar-refractivity contribution in [1.82, 2.24) is 15.0 Å². The van der Waals surface area contributed by atoms with E-state index in [2.05, 4.69) is 20.3 Å². The summed E-state index contributed by atoms with van der Waals surface area (Å²) >= 11 is 0. The summed E-state index contributed by atoms with van der Waals surface area (Å²) in [6.45, 7) is 5.76. The van der Waals surface area contributed by atoms with E-state index >= 15 is 0 Å². The van der Waals surface area contributed by atoms with E-state index in [0.29, 0.717) is 12.2 Å². The number of hydrogen-bond donors (Lipinski definition) is 3. The van der Waals surface area contributed by atoms with Crippen LogP contribution in [-0.4, -0.2) is 39.4 Å². The first-order chi connectivity index (χ1) is 9.74. The van der Waals surface area contributed by atoms with Gasteiger partial charge in [0.15, 0.2) is 5.03 Å². The molecule has 0 bridgehead atoms. The summed E-state index contributed by atoms with van der Waals surface area (Å²) in [4.78, 5) is 15.6. The first-order valence-corrected chi connectivity index (χ1v) is 8.13. The Morgan fingerprint density at radius 1 is 1.38 bits per heavy atom. The van der Waals surface area contributed by atoms with Crippen molar-refractivity contribution < 1.29 is 13.2 Å². The molecular formula is C13H22N4O3S. The zero-order chi connectivity index (χ0) is 16.1. The fourth-order valence-electron chi connectivity index (χ4n) is 1.69. The van der Waals surface area contributed by atoms with Crippen LogP contribution in [0, 0.1) is 5.41 Å². The molecule has 8 heteroatoms. The topological polar surface area (TPSA) is 100 Å². The van der Waals surface area contributed by atoms with Gasteiger partial charge in [0.05, 0.1) is 11.1 Å². The van der Waals surface area contributed by atoms with E-state index in [-0.39, 0.29) is 17.5 Å². The van der Waals surface area contributed by atoms with E-state index in [1.807, 2.05) is 6.92 Å². The molecule has 1 rings (SSSR count). The van der Waals surface area contributed by atoms with Crippen molar-refractivity contribution in [2.45, 2.75) is 25.8 Å². The third-order valence-corrected chi connectivity index (χ3v) is 4.30. The fraction of sp³-hybridized carbons (Fsp3) is 0.538. The zero-order valence-electron chi connectivity index (χ0n) is 12.7. The molecule has 0 aliphatic carbocycles. The predicted molar refractivity (Wildman–Crippen MR) is 81.4 cm³/mol. The van der Waals surface area contributed by atoms with Crippen LogP contribution in [0.3, 0.4) is 0 Å². The Morgan fingerprint density at radius 3 is 2.62 bits per heavy atom. The molecule has 0 atom stereocenters. The third kappa shape index (κ3) is 4.40. The van der Waals surface area contributed by atoms with Crippen molar-refractivity contribution >= 4 is 21.6 Å². The summed E-state index contributed by atoms with van der Waals surface area (Å²) in [5.74, 6) is -0.238. The molecule has 0 saturated carbocycles. The molecule has 0 aliphatic heterocycles. The minimum absolute atomic E-state index is 0.0167. The average Bonchev–Trinajstić information content (AvgIpc) is 2.45. The Bertz CT molecular complexity index is 599. The van der Waals surface area contributed by atoms with Crippen molar-refractivity contribution in [2.24, 2.45) is 5.41 Å². The van der Waals surface area contributed by atoms with Crippen LogP contribution < -0.4 is 15.4 Å². The Labute approximate surface area is 125 Å².